The van der Waals surface area contributed by atoms with Gasteiger partial charge in [0, 0.05) is 7.11 Å². The van der Waals surface area contributed by atoms with Crippen LogP contribution in [0.3, 0.4) is 0 Å². The summed E-state index contributed by atoms with van der Waals surface area (Å²) in [5.74, 6) is 0.309. The Kier molecular flexibility index (Phi) is 3.72. The minimum Gasteiger partial charge on any atom is -0.390 e. The summed E-state index contributed by atoms with van der Waals surface area (Å²) in [4.78, 5) is 0. The second kappa shape index (κ2) is 5.05. The van der Waals surface area contributed by atoms with Crippen LogP contribution in [0.2, 0.25) is 0 Å². The van der Waals surface area contributed by atoms with Crippen molar-refractivity contribution in [1.29, 1.82) is 0 Å². The van der Waals surface area contributed by atoms with E-state index in [1.54, 1.807) is 7.11 Å². The molecule has 0 aromatic rings. The maximum atomic E-state index is 10.5. The van der Waals surface area contributed by atoms with Gasteiger partial charge in [0.15, 0.2) is 0 Å². The molecule has 3 fully saturated rings. The number of epoxide rings is 2. The van der Waals surface area contributed by atoms with E-state index in [-0.39, 0.29) is 35.2 Å². The maximum Gasteiger partial charge on any atom is 0.101 e. The molecular formula is C17H28O4. The van der Waals surface area contributed by atoms with Crippen molar-refractivity contribution < 1.29 is 19.3 Å². The molecule has 4 nitrogen and oxygen atoms in total. The molecule has 1 aliphatic carbocycles. The molecule has 1 N–H and O–H groups in total. The fourth-order valence-corrected chi connectivity index (χ4v) is 4.30. The van der Waals surface area contributed by atoms with Gasteiger partial charge >= 0.3 is 0 Å². The first-order valence-corrected chi connectivity index (χ1v) is 8.00. The Morgan fingerprint density at radius 3 is 2.62 bits per heavy atom. The van der Waals surface area contributed by atoms with Crippen molar-refractivity contribution in [3.8, 4) is 0 Å². The van der Waals surface area contributed by atoms with Gasteiger partial charge in [-0.2, -0.15) is 0 Å². The minimum absolute atomic E-state index is 0.108. The van der Waals surface area contributed by atoms with Crippen molar-refractivity contribution in [2.75, 3.05) is 13.7 Å². The number of methoxy groups -OCH3 is 1. The van der Waals surface area contributed by atoms with Crippen LogP contribution in [0.25, 0.3) is 0 Å². The van der Waals surface area contributed by atoms with Crippen molar-refractivity contribution in [2.45, 2.75) is 70.1 Å². The molecule has 0 amide bonds. The van der Waals surface area contributed by atoms with Crippen LogP contribution in [0.5, 0.6) is 0 Å². The van der Waals surface area contributed by atoms with Gasteiger partial charge in [0.2, 0.25) is 0 Å². The quantitative estimate of drug-likeness (QED) is 0.639. The van der Waals surface area contributed by atoms with Gasteiger partial charge in [-0.25, -0.2) is 0 Å². The largest absolute Gasteiger partial charge is 0.390 e. The van der Waals surface area contributed by atoms with Gasteiger partial charge in [0.05, 0.1) is 30.8 Å². The topological polar surface area (TPSA) is 54.5 Å². The molecule has 0 aromatic carbocycles. The van der Waals surface area contributed by atoms with Crippen LogP contribution in [-0.2, 0) is 14.2 Å². The van der Waals surface area contributed by atoms with E-state index in [1.807, 2.05) is 0 Å². The molecule has 21 heavy (non-hydrogen) atoms. The lowest BCUT2D eigenvalue weighted by atomic mass is 9.65. The van der Waals surface area contributed by atoms with Crippen LogP contribution >= 0.6 is 0 Å². The Bertz CT molecular complexity index is 438. The second-order valence-corrected chi connectivity index (χ2v) is 7.51. The lowest BCUT2D eigenvalue weighted by Gasteiger charge is -2.44. The van der Waals surface area contributed by atoms with Crippen LogP contribution in [0.15, 0.2) is 11.6 Å². The summed E-state index contributed by atoms with van der Waals surface area (Å²) in [6, 6.07) is 0. The highest BCUT2D eigenvalue weighted by atomic mass is 16.6. The Balaban J connectivity index is 1.81. The minimum atomic E-state index is -0.444. The molecule has 2 saturated heterocycles. The predicted molar refractivity (Wildman–Crippen MR) is 80.1 cm³/mol. The van der Waals surface area contributed by atoms with Gasteiger partial charge in [0.25, 0.3) is 0 Å². The zero-order valence-corrected chi connectivity index (χ0v) is 13.8. The van der Waals surface area contributed by atoms with E-state index in [9.17, 15) is 5.11 Å². The Morgan fingerprint density at radius 2 is 2.10 bits per heavy atom. The molecule has 0 radical (unpaired) electrons. The van der Waals surface area contributed by atoms with E-state index < -0.39 is 6.10 Å². The normalized spacial score (nSPS) is 51.8. The average molecular weight is 296 g/mol. The number of rotatable bonds is 4. The predicted octanol–water partition coefficient (Wildman–Crippen LogP) is 2.30. The summed E-state index contributed by atoms with van der Waals surface area (Å²) in [5, 5.41) is 10.5. The standard InChI is InChI=1S/C17H28O4/c1-10(2)6-7-12-16(4,21-12)15-14(19-5)13(18)11(3)8-17(15)9-20-17/h6,11-15,18H,7-9H2,1-5H3/t11-,12+,13+,14+,15+,16+,17-/m0/s1. The molecule has 7 atom stereocenters. The summed E-state index contributed by atoms with van der Waals surface area (Å²) in [7, 11) is 1.69. The van der Waals surface area contributed by atoms with E-state index in [2.05, 4.69) is 33.8 Å². The Hall–Kier alpha value is -0.420. The molecular weight excluding hydrogens is 268 g/mol. The maximum absolute atomic E-state index is 10.5. The third-order valence-electron chi connectivity index (χ3n) is 5.61. The highest BCUT2D eigenvalue weighted by molar-refractivity contribution is 5.21. The van der Waals surface area contributed by atoms with Gasteiger partial charge in [-0.15, -0.1) is 0 Å². The first kappa shape index (κ1) is 15.5. The van der Waals surface area contributed by atoms with Gasteiger partial charge in [-0.3, -0.25) is 0 Å². The Labute approximate surface area is 127 Å². The first-order valence-electron chi connectivity index (χ1n) is 8.00. The molecule has 0 unspecified atom stereocenters. The average Bonchev–Trinajstić information content (AvgIpc) is 3.31. The molecule has 0 bridgehead atoms. The summed E-state index contributed by atoms with van der Waals surface area (Å²) in [5.41, 5.74) is 0.920. The van der Waals surface area contributed by atoms with Crippen molar-refractivity contribution >= 4 is 0 Å². The summed E-state index contributed by atoms with van der Waals surface area (Å²) < 4.78 is 17.6. The smallest absolute Gasteiger partial charge is 0.101 e. The van der Waals surface area contributed by atoms with Crippen LogP contribution in [0, 0.1) is 11.8 Å². The van der Waals surface area contributed by atoms with Crippen molar-refractivity contribution in [2.24, 2.45) is 11.8 Å². The lowest BCUT2D eigenvalue weighted by molar-refractivity contribution is -0.137. The molecule has 2 aliphatic heterocycles. The summed E-state index contributed by atoms with van der Waals surface area (Å²) in [6.07, 6.45) is 3.59. The molecule has 120 valence electrons. The van der Waals surface area contributed by atoms with Gasteiger partial charge < -0.3 is 19.3 Å². The van der Waals surface area contributed by atoms with Crippen molar-refractivity contribution in [1.82, 2.24) is 0 Å². The van der Waals surface area contributed by atoms with Gasteiger partial charge in [0.1, 0.15) is 11.2 Å². The fourth-order valence-electron chi connectivity index (χ4n) is 4.30. The van der Waals surface area contributed by atoms with E-state index in [1.165, 1.54) is 5.57 Å². The van der Waals surface area contributed by atoms with Crippen LogP contribution in [-0.4, -0.2) is 48.3 Å². The molecule has 3 rings (SSSR count). The highest BCUT2D eigenvalue weighted by Crippen LogP contribution is 2.60. The number of aliphatic hydroxyl groups is 1. The summed E-state index contributed by atoms with van der Waals surface area (Å²) >= 11 is 0. The molecule has 1 saturated carbocycles. The van der Waals surface area contributed by atoms with Crippen molar-refractivity contribution in [3.05, 3.63) is 11.6 Å². The summed E-state index contributed by atoms with van der Waals surface area (Å²) in [6.45, 7) is 9.21. The number of aliphatic hydroxyl groups excluding tert-OH is 1. The molecule has 0 aromatic heterocycles. The first-order chi connectivity index (χ1) is 9.84. The number of hydrogen-bond donors (Lipinski definition) is 1. The van der Waals surface area contributed by atoms with Crippen LogP contribution in [0.4, 0.5) is 0 Å². The monoisotopic (exact) mass is 296 g/mol. The molecule has 1 spiro atoms. The molecule has 2 heterocycles. The second-order valence-electron chi connectivity index (χ2n) is 7.51. The third-order valence-corrected chi connectivity index (χ3v) is 5.61. The van der Waals surface area contributed by atoms with Crippen LogP contribution in [0.1, 0.15) is 40.5 Å². The van der Waals surface area contributed by atoms with Crippen molar-refractivity contribution in [3.63, 3.8) is 0 Å². The molecule has 4 heteroatoms. The number of allylic oxidation sites excluding steroid dienone is 1. The van der Waals surface area contributed by atoms with E-state index in [4.69, 9.17) is 14.2 Å². The molecule has 3 aliphatic rings. The third kappa shape index (κ3) is 2.46. The van der Waals surface area contributed by atoms with Crippen LogP contribution < -0.4 is 0 Å². The SMILES string of the molecule is CO[C@@H]1[C@H](O)[C@@H](C)C[C@]2(CO2)[C@H]1[C@]1(C)O[C@@H]1CC=C(C)C. The van der Waals surface area contributed by atoms with Gasteiger partial charge in [-0.05, 0) is 39.5 Å². The fraction of sp³-hybridized carbons (Fsp3) is 0.882. The zero-order chi connectivity index (χ0) is 15.4. The lowest BCUT2D eigenvalue weighted by Crippen LogP contribution is -2.57. The zero-order valence-electron chi connectivity index (χ0n) is 13.8. The van der Waals surface area contributed by atoms with E-state index >= 15 is 0 Å². The number of ether oxygens (including phenoxy) is 3. The van der Waals surface area contributed by atoms with E-state index in [0.717, 1.165) is 19.4 Å². The van der Waals surface area contributed by atoms with E-state index in [0.29, 0.717) is 0 Å². The van der Waals surface area contributed by atoms with Gasteiger partial charge in [-0.1, -0.05) is 18.6 Å². The number of hydrogen-bond acceptors (Lipinski definition) is 4. The Morgan fingerprint density at radius 1 is 1.43 bits per heavy atom. The highest BCUT2D eigenvalue weighted by Gasteiger charge is 2.72.